The van der Waals surface area contributed by atoms with E-state index in [0.29, 0.717) is 38.3 Å². The molecule has 1 saturated heterocycles. The number of amides is 1. The summed E-state index contributed by atoms with van der Waals surface area (Å²) >= 11 is 0. The van der Waals surface area contributed by atoms with Gasteiger partial charge in [0.25, 0.3) is 5.56 Å². The second-order valence-electron chi connectivity index (χ2n) is 10.2. The average Bonchev–Trinajstić information content (AvgIpc) is 3.62. The lowest BCUT2D eigenvalue weighted by Gasteiger charge is -2.34. The Kier molecular flexibility index (Phi) is 5.39. The molecule has 17 heteroatoms. The minimum Gasteiger partial charge on any atom is -0.449 e. The molecule has 3 aliphatic rings. The number of hydrogen-bond acceptors (Lipinski definition) is 8. The van der Waals surface area contributed by atoms with E-state index in [4.69, 9.17) is 4.74 Å². The van der Waals surface area contributed by atoms with E-state index in [1.54, 1.807) is 4.90 Å². The number of piperazine rings is 1. The Morgan fingerprint density at radius 3 is 2.26 bits per heavy atom. The fourth-order valence-electron chi connectivity index (χ4n) is 5.34. The van der Waals surface area contributed by atoms with Crippen LogP contribution in [0, 0.1) is 10.8 Å². The Hall–Kier alpha value is -3.92. The number of H-pyrrole nitrogens is 1. The number of rotatable bonds is 5. The van der Waals surface area contributed by atoms with E-state index in [1.807, 2.05) is 5.10 Å². The van der Waals surface area contributed by atoms with E-state index in [0.717, 1.165) is 10.9 Å². The SMILES string of the molecule is O=C(OCC12CC1(Cn1nc(C(F)(F)F)c3c(=O)[nH]ncc31)C2)N1CCN(c2ncc(C(F)(F)F)cn2)CC1. The standard InChI is InChI=1S/C22H20F6N8O3/c23-21(24,25)12-5-29-17(30-6-12)34-1-3-35(4-2-34)18(38)39-11-20-8-19(20,9-20)10-36-13-7-31-32-16(37)14(13)15(33-36)22(26,27)28/h5-7H,1-4,8-11H2,(H,32,37). The number of nitrogens with one attached hydrogen (secondary N) is 1. The molecular formula is C22H20F6N8O3. The first-order chi connectivity index (χ1) is 18.3. The lowest BCUT2D eigenvalue weighted by Crippen LogP contribution is -2.49. The van der Waals surface area contributed by atoms with Crippen LogP contribution in [0.5, 0.6) is 0 Å². The van der Waals surface area contributed by atoms with E-state index in [2.05, 4.69) is 20.2 Å². The first-order valence-corrected chi connectivity index (χ1v) is 11.9. The normalized spacial score (nSPS) is 24.6. The summed E-state index contributed by atoms with van der Waals surface area (Å²) in [6.45, 7) is 1.34. The Morgan fingerprint density at radius 1 is 0.974 bits per heavy atom. The number of ether oxygens (including phenoxy) is 1. The zero-order valence-electron chi connectivity index (χ0n) is 20.0. The summed E-state index contributed by atoms with van der Waals surface area (Å²) in [5.41, 5.74) is -3.91. The number of aromatic amines is 1. The number of carbonyl (C=O) groups is 1. The maximum atomic E-state index is 13.4. The van der Waals surface area contributed by atoms with Gasteiger partial charge in [-0.2, -0.15) is 36.5 Å². The topological polar surface area (TPSA) is 122 Å². The maximum Gasteiger partial charge on any atom is 0.435 e. The monoisotopic (exact) mass is 558 g/mol. The maximum absolute atomic E-state index is 13.4. The van der Waals surface area contributed by atoms with E-state index < -0.39 is 40.6 Å². The van der Waals surface area contributed by atoms with Gasteiger partial charge in [0.05, 0.1) is 23.9 Å². The number of aromatic nitrogens is 6. The highest BCUT2D eigenvalue weighted by molar-refractivity contribution is 5.80. The third-order valence-electron chi connectivity index (χ3n) is 7.78. The number of hydrogen-bond donors (Lipinski definition) is 1. The summed E-state index contributed by atoms with van der Waals surface area (Å²) in [5.74, 6) is 0.132. The molecule has 0 radical (unpaired) electrons. The first-order valence-electron chi connectivity index (χ1n) is 11.9. The van der Waals surface area contributed by atoms with E-state index in [-0.39, 0.29) is 48.5 Å². The summed E-state index contributed by atoms with van der Waals surface area (Å²) in [6.07, 6.45) is -6.04. The van der Waals surface area contributed by atoms with Crippen LogP contribution in [0.2, 0.25) is 0 Å². The number of nitrogens with zero attached hydrogens (tertiary/aromatic N) is 7. The molecule has 0 aromatic carbocycles. The quantitative estimate of drug-likeness (QED) is 0.475. The van der Waals surface area contributed by atoms with Crippen molar-refractivity contribution in [1.29, 1.82) is 0 Å². The van der Waals surface area contributed by atoms with Crippen LogP contribution in [0.1, 0.15) is 24.1 Å². The van der Waals surface area contributed by atoms with Crippen molar-refractivity contribution in [1.82, 2.24) is 34.8 Å². The third kappa shape index (κ3) is 4.32. The average molecular weight is 558 g/mol. The van der Waals surface area contributed by atoms with Gasteiger partial charge in [-0.1, -0.05) is 0 Å². The molecule has 2 aliphatic carbocycles. The van der Waals surface area contributed by atoms with E-state index >= 15 is 0 Å². The second kappa shape index (κ2) is 8.29. The van der Waals surface area contributed by atoms with Gasteiger partial charge >= 0.3 is 18.4 Å². The van der Waals surface area contributed by atoms with Crippen molar-refractivity contribution in [3.05, 3.63) is 40.2 Å². The molecule has 0 atom stereocenters. The number of anilines is 1. The van der Waals surface area contributed by atoms with Crippen LogP contribution in [0.25, 0.3) is 10.9 Å². The number of alkyl halides is 6. The predicted octanol–water partition coefficient (Wildman–Crippen LogP) is 2.69. The van der Waals surface area contributed by atoms with Crippen molar-refractivity contribution in [2.24, 2.45) is 10.8 Å². The van der Waals surface area contributed by atoms with Gasteiger partial charge in [-0.3, -0.25) is 9.48 Å². The number of halogens is 6. The molecular weight excluding hydrogens is 538 g/mol. The molecule has 0 bridgehead atoms. The Bertz CT molecular complexity index is 1480. The summed E-state index contributed by atoms with van der Waals surface area (Å²) in [5, 5.41) is 8.72. The first kappa shape index (κ1) is 25.4. The second-order valence-corrected chi connectivity index (χ2v) is 10.2. The van der Waals surface area contributed by atoms with Gasteiger partial charge in [0.15, 0.2) is 5.69 Å². The molecule has 2 saturated carbocycles. The molecule has 0 unspecified atom stereocenters. The minimum atomic E-state index is -4.81. The molecule has 1 aliphatic heterocycles. The zero-order chi connectivity index (χ0) is 27.8. The Labute approximate surface area is 214 Å². The molecule has 11 nitrogen and oxygen atoms in total. The molecule has 1 amide bonds. The predicted molar refractivity (Wildman–Crippen MR) is 119 cm³/mol. The van der Waals surface area contributed by atoms with Crippen LogP contribution in [0.4, 0.5) is 37.1 Å². The van der Waals surface area contributed by atoms with Crippen molar-refractivity contribution in [3.63, 3.8) is 0 Å². The van der Waals surface area contributed by atoms with Crippen LogP contribution in [-0.2, 0) is 23.6 Å². The van der Waals surface area contributed by atoms with Gasteiger partial charge < -0.3 is 14.5 Å². The van der Waals surface area contributed by atoms with Crippen molar-refractivity contribution in [2.75, 3.05) is 37.7 Å². The van der Waals surface area contributed by atoms with Crippen molar-refractivity contribution in [2.45, 2.75) is 31.7 Å². The van der Waals surface area contributed by atoms with Gasteiger partial charge in [-0.05, 0) is 12.8 Å². The summed E-state index contributed by atoms with van der Waals surface area (Å²) in [6, 6.07) is 0. The molecule has 6 rings (SSSR count). The van der Waals surface area contributed by atoms with Gasteiger partial charge in [-0.15, -0.1) is 0 Å². The van der Waals surface area contributed by atoms with Crippen molar-refractivity contribution in [3.8, 4) is 0 Å². The molecule has 208 valence electrons. The lowest BCUT2D eigenvalue weighted by atomic mass is 10.2. The van der Waals surface area contributed by atoms with E-state index in [9.17, 15) is 35.9 Å². The number of fused-ring (bicyclic) bond motifs is 2. The van der Waals surface area contributed by atoms with Crippen LogP contribution < -0.4 is 10.5 Å². The minimum absolute atomic E-state index is 0.0139. The Balaban J connectivity index is 1.03. The highest BCUT2D eigenvalue weighted by Crippen LogP contribution is 2.86. The Morgan fingerprint density at radius 2 is 1.64 bits per heavy atom. The molecule has 3 aromatic rings. The van der Waals surface area contributed by atoms with Crippen LogP contribution in [-0.4, -0.2) is 73.7 Å². The largest absolute Gasteiger partial charge is 0.449 e. The van der Waals surface area contributed by atoms with Crippen molar-refractivity contribution >= 4 is 22.9 Å². The molecule has 39 heavy (non-hydrogen) atoms. The zero-order valence-corrected chi connectivity index (χ0v) is 20.0. The summed E-state index contributed by atoms with van der Waals surface area (Å²) < 4.78 is 85.1. The molecule has 3 aromatic heterocycles. The van der Waals surface area contributed by atoms with Gasteiger partial charge in [0.1, 0.15) is 5.39 Å². The molecule has 0 spiro atoms. The van der Waals surface area contributed by atoms with Crippen LogP contribution in [0.3, 0.4) is 0 Å². The molecule has 4 heterocycles. The summed E-state index contributed by atoms with van der Waals surface area (Å²) in [7, 11) is 0. The van der Waals surface area contributed by atoms with Crippen molar-refractivity contribution < 1.29 is 35.9 Å². The smallest absolute Gasteiger partial charge is 0.435 e. The lowest BCUT2D eigenvalue weighted by molar-refractivity contribution is -0.140. The van der Waals surface area contributed by atoms with Gasteiger partial charge in [0.2, 0.25) is 5.95 Å². The third-order valence-corrected chi connectivity index (χ3v) is 7.78. The van der Waals surface area contributed by atoms with Crippen LogP contribution >= 0.6 is 0 Å². The fourth-order valence-corrected chi connectivity index (χ4v) is 5.34. The fraction of sp³-hybridized carbons (Fsp3) is 0.545. The molecule has 1 N–H and O–H groups in total. The highest BCUT2D eigenvalue weighted by atomic mass is 19.4. The highest BCUT2D eigenvalue weighted by Gasteiger charge is 2.83. The van der Waals surface area contributed by atoms with E-state index in [1.165, 1.54) is 4.90 Å². The van der Waals surface area contributed by atoms with Crippen LogP contribution in [0.15, 0.2) is 23.4 Å². The van der Waals surface area contributed by atoms with Gasteiger partial charge in [-0.25, -0.2) is 19.9 Å². The van der Waals surface area contributed by atoms with Gasteiger partial charge in [0, 0.05) is 55.9 Å². The molecule has 3 fully saturated rings. The number of carbonyl (C=O) groups excluding carboxylic acids is 1. The summed E-state index contributed by atoms with van der Waals surface area (Å²) in [4.78, 5) is 35.3.